The topological polar surface area (TPSA) is 125 Å². The van der Waals surface area contributed by atoms with E-state index in [1.165, 1.54) is 35.3 Å². The van der Waals surface area contributed by atoms with E-state index in [0.717, 1.165) is 0 Å². The fourth-order valence-electron chi connectivity index (χ4n) is 2.34. The van der Waals surface area contributed by atoms with Crippen LogP contribution in [-0.4, -0.2) is 63.2 Å². The molecule has 0 saturated carbocycles. The number of rotatable bonds is 5. The molecule has 2 aliphatic heterocycles. The van der Waals surface area contributed by atoms with Gasteiger partial charge in [0.15, 0.2) is 6.61 Å². The predicted octanol–water partition coefficient (Wildman–Crippen LogP) is -0.236. The van der Waals surface area contributed by atoms with Crippen LogP contribution in [0.15, 0.2) is 22.7 Å². The van der Waals surface area contributed by atoms with Crippen molar-refractivity contribution in [1.29, 1.82) is 0 Å². The maximum Gasteiger partial charge on any atom is 0.355 e. The summed E-state index contributed by atoms with van der Waals surface area (Å²) in [6.07, 6.45) is 3.38. The number of amides is 1. The molecule has 2 N–H and O–H groups in total. The molecule has 0 bridgehead atoms. The Bertz CT molecular complexity index is 761. The number of fused-ring (bicyclic) bond motifs is 1. The van der Waals surface area contributed by atoms with E-state index in [1.807, 2.05) is 0 Å². The normalized spacial score (nSPS) is 22.6. The molecule has 1 unspecified atom stereocenters. The predicted molar refractivity (Wildman–Crippen MR) is 90.0 cm³/mol. The molecule has 0 aliphatic carbocycles. The van der Waals surface area contributed by atoms with Gasteiger partial charge in [0.25, 0.3) is 0 Å². The van der Waals surface area contributed by atoms with Crippen molar-refractivity contribution in [2.24, 2.45) is 5.73 Å². The molecule has 11 heteroatoms. The smallest absolute Gasteiger partial charge is 0.355 e. The zero-order valence-corrected chi connectivity index (χ0v) is 14.7. The largest absolute Gasteiger partial charge is 0.466 e. The van der Waals surface area contributed by atoms with E-state index in [-0.39, 0.29) is 17.0 Å². The summed E-state index contributed by atoms with van der Waals surface area (Å²) in [5.74, 6) is -1.35. The van der Waals surface area contributed by atoms with Gasteiger partial charge in [-0.15, -0.1) is 16.9 Å². The molecule has 0 radical (unpaired) electrons. The van der Waals surface area contributed by atoms with Crippen LogP contribution < -0.4 is 5.73 Å². The lowest BCUT2D eigenvalue weighted by Crippen LogP contribution is -2.68. The van der Waals surface area contributed by atoms with Crippen LogP contribution in [-0.2, 0) is 23.9 Å². The van der Waals surface area contributed by atoms with Gasteiger partial charge in [0.2, 0.25) is 5.91 Å². The lowest BCUT2D eigenvalue weighted by Gasteiger charge is -2.48. The molecule has 0 spiro atoms. The summed E-state index contributed by atoms with van der Waals surface area (Å²) >= 11 is 2.66. The second-order valence-electron chi connectivity index (χ2n) is 5.12. The summed E-state index contributed by atoms with van der Waals surface area (Å²) in [5, 5.41) is 5.32. The van der Waals surface area contributed by atoms with E-state index in [9.17, 15) is 14.4 Å². The van der Waals surface area contributed by atoms with Crippen molar-refractivity contribution in [3.8, 4) is 0 Å². The van der Waals surface area contributed by atoms with Crippen LogP contribution in [0.4, 0.5) is 0 Å². The standard InChI is InChI=1S/C14H14N4O5S2/c1-22-9(19)4-23-14(21)11-7(2-3-8-6-25-17-16-8)5-24-13-10(15)12(20)18(11)13/h2-3,6,10,13H,4-5,15H2,1H3/b3-2-/t10?,13-/m0/s1. The van der Waals surface area contributed by atoms with Gasteiger partial charge in [0.05, 0.1) is 12.8 Å². The second kappa shape index (κ2) is 7.33. The first-order valence-electron chi connectivity index (χ1n) is 7.15. The third kappa shape index (κ3) is 3.43. The molecule has 1 fully saturated rings. The summed E-state index contributed by atoms with van der Waals surface area (Å²) in [5.41, 5.74) is 7.10. The number of carbonyl (C=O) groups is 3. The van der Waals surface area contributed by atoms with Gasteiger partial charge in [-0.05, 0) is 23.2 Å². The van der Waals surface area contributed by atoms with Crippen LogP contribution in [0.5, 0.6) is 0 Å². The fraction of sp³-hybridized carbons (Fsp3) is 0.357. The minimum absolute atomic E-state index is 0.0961. The van der Waals surface area contributed by atoms with Crippen LogP contribution in [0.3, 0.4) is 0 Å². The minimum atomic E-state index is -0.771. The summed E-state index contributed by atoms with van der Waals surface area (Å²) in [7, 11) is 1.19. The molecular formula is C14H14N4O5S2. The van der Waals surface area contributed by atoms with Crippen LogP contribution in [0.1, 0.15) is 5.69 Å². The van der Waals surface area contributed by atoms with Gasteiger partial charge in [-0.25, -0.2) is 9.59 Å². The molecule has 1 aromatic heterocycles. The van der Waals surface area contributed by atoms with Crippen molar-refractivity contribution in [3.05, 3.63) is 28.4 Å². The first-order valence-corrected chi connectivity index (χ1v) is 9.04. The number of hydrogen-bond donors (Lipinski definition) is 1. The number of methoxy groups -OCH3 is 1. The number of aromatic nitrogens is 2. The Labute approximate surface area is 151 Å². The minimum Gasteiger partial charge on any atom is -0.466 e. The highest BCUT2D eigenvalue weighted by atomic mass is 32.2. The number of allylic oxidation sites excluding steroid dienone is 1. The Hall–Kier alpha value is -2.24. The van der Waals surface area contributed by atoms with Gasteiger partial charge in [-0.1, -0.05) is 10.6 Å². The maximum absolute atomic E-state index is 12.4. The average molecular weight is 382 g/mol. The SMILES string of the molecule is COC(=O)COC(=O)C1=C(/C=C\c2csnn2)CS[C@H]2C(N)C(=O)N12. The quantitative estimate of drug-likeness (QED) is 0.543. The molecule has 1 aromatic rings. The Kier molecular flexibility index (Phi) is 5.16. The molecular weight excluding hydrogens is 368 g/mol. The van der Waals surface area contributed by atoms with Crippen LogP contribution in [0.25, 0.3) is 6.08 Å². The van der Waals surface area contributed by atoms with Crippen molar-refractivity contribution < 1.29 is 23.9 Å². The summed E-state index contributed by atoms with van der Waals surface area (Å²) in [4.78, 5) is 37.0. The number of ether oxygens (including phenoxy) is 2. The fourth-order valence-corrected chi connectivity index (χ4v) is 4.03. The van der Waals surface area contributed by atoms with Crippen LogP contribution >= 0.6 is 23.3 Å². The highest BCUT2D eigenvalue weighted by Gasteiger charge is 2.51. The zero-order valence-electron chi connectivity index (χ0n) is 13.1. The van der Waals surface area contributed by atoms with Crippen molar-refractivity contribution in [1.82, 2.24) is 14.5 Å². The van der Waals surface area contributed by atoms with E-state index < -0.39 is 24.6 Å². The van der Waals surface area contributed by atoms with Crippen molar-refractivity contribution in [2.75, 3.05) is 19.5 Å². The molecule has 0 aromatic carbocycles. The summed E-state index contributed by atoms with van der Waals surface area (Å²) in [6.45, 7) is -0.530. The second-order valence-corrected chi connectivity index (χ2v) is 6.84. The van der Waals surface area contributed by atoms with Gasteiger partial charge in [-0.3, -0.25) is 9.69 Å². The molecule has 25 heavy (non-hydrogen) atoms. The molecule has 9 nitrogen and oxygen atoms in total. The van der Waals surface area contributed by atoms with Gasteiger partial charge >= 0.3 is 11.9 Å². The molecule has 2 atom stereocenters. The number of esters is 2. The van der Waals surface area contributed by atoms with Crippen molar-refractivity contribution in [2.45, 2.75) is 11.4 Å². The Morgan fingerprint density at radius 1 is 1.48 bits per heavy atom. The third-order valence-electron chi connectivity index (χ3n) is 3.61. The van der Waals surface area contributed by atoms with Gasteiger partial charge in [0.1, 0.15) is 17.1 Å². The molecule has 1 amide bonds. The van der Waals surface area contributed by atoms with Crippen LogP contribution in [0.2, 0.25) is 0 Å². The number of thioether (sulfide) groups is 1. The third-order valence-corrected chi connectivity index (χ3v) is 5.46. The monoisotopic (exact) mass is 382 g/mol. The van der Waals surface area contributed by atoms with Gasteiger partial charge in [-0.2, -0.15) is 0 Å². The lowest BCUT2D eigenvalue weighted by molar-refractivity contribution is -0.158. The first-order chi connectivity index (χ1) is 12.0. The van der Waals surface area contributed by atoms with Gasteiger partial charge in [0, 0.05) is 11.1 Å². The Morgan fingerprint density at radius 3 is 2.96 bits per heavy atom. The van der Waals surface area contributed by atoms with E-state index in [2.05, 4.69) is 14.3 Å². The number of nitrogens with two attached hydrogens (primary N) is 1. The average Bonchev–Trinajstić information content (AvgIpc) is 3.16. The van der Waals surface area contributed by atoms with E-state index in [0.29, 0.717) is 17.0 Å². The highest BCUT2D eigenvalue weighted by molar-refractivity contribution is 8.00. The number of β-lactam (4-membered cyclic amide) rings is 1. The van der Waals surface area contributed by atoms with E-state index >= 15 is 0 Å². The number of carbonyl (C=O) groups excluding carboxylic acids is 3. The highest BCUT2D eigenvalue weighted by Crippen LogP contribution is 2.40. The molecule has 1 saturated heterocycles. The molecule has 132 valence electrons. The zero-order chi connectivity index (χ0) is 18.0. The van der Waals surface area contributed by atoms with E-state index in [4.69, 9.17) is 10.5 Å². The van der Waals surface area contributed by atoms with Gasteiger partial charge < -0.3 is 15.2 Å². The van der Waals surface area contributed by atoms with Crippen LogP contribution in [0, 0.1) is 0 Å². The molecule has 3 rings (SSSR count). The molecule has 3 heterocycles. The Balaban J connectivity index is 1.87. The Morgan fingerprint density at radius 2 is 2.28 bits per heavy atom. The number of nitrogens with zero attached hydrogens (tertiary/aromatic N) is 3. The first kappa shape index (κ1) is 17.6. The summed E-state index contributed by atoms with van der Waals surface area (Å²) < 4.78 is 13.2. The lowest BCUT2D eigenvalue weighted by atomic mass is 10.0. The van der Waals surface area contributed by atoms with Crippen molar-refractivity contribution in [3.63, 3.8) is 0 Å². The summed E-state index contributed by atoms with van der Waals surface area (Å²) in [6, 6.07) is -0.651. The molecule has 2 aliphatic rings. The number of hydrogen-bond acceptors (Lipinski definition) is 10. The maximum atomic E-state index is 12.4. The van der Waals surface area contributed by atoms with Crippen molar-refractivity contribution >= 4 is 47.2 Å². The van der Waals surface area contributed by atoms with E-state index in [1.54, 1.807) is 17.5 Å².